The van der Waals surface area contributed by atoms with Crippen molar-refractivity contribution >= 4 is 17.6 Å². The Hall–Kier alpha value is -1.43. The minimum atomic E-state index is -0.863. The third-order valence-electron chi connectivity index (χ3n) is 5.15. The molecule has 6 nitrogen and oxygen atoms in total. The standard InChI is InChI=1S/C20H39N3O3/c1-18(2,3)15(24)13-14(16(25)21-11-12-23(9)10)22-17(26)20(7,8)19(4,5)6/h14H,11-13H2,1-10H3,(H,21,25)(H,22,26). The minimum Gasteiger partial charge on any atom is -0.353 e. The van der Waals surface area contributed by atoms with Gasteiger partial charge in [0.05, 0.1) is 0 Å². The molecule has 0 aliphatic heterocycles. The first-order chi connectivity index (χ1) is 11.5. The third-order valence-corrected chi connectivity index (χ3v) is 5.15. The van der Waals surface area contributed by atoms with Crippen molar-refractivity contribution in [1.29, 1.82) is 0 Å². The second kappa shape index (κ2) is 8.98. The molecule has 0 aromatic rings. The van der Waals surface area contributed by atoms with Gasteiger partial charge in [-0.2, -0.15) is 0 Å². The first-order valence-electron chi connectivity index (χ1n) is 9.27. The first kappa shape index (κ1) is 24.6. The zero-order valence-electron chi connectivity index (χ0n) is 18.4. The molecular weight excluding hydrogens is 330 g/mol. The normalized spacial score (nSPS) is 14.1. The maximum atomic E-state index is 12.8. The summed E-state index contributed by atoms with van der Waals surface area (Å²) in [5.74, 6) is -0.596. The van der Waals surface area contributed by atoms with E-state index in [4.69, 9.17) is 0 Å². The predicted octanol–water partition coefficient (Wildman–Crippen LogP) is 2.23. The molecule has 2 amide bonds. The van der Waals surface area contributed by atoms with Gasteiger partial charge >= 0.3 is 0 Å². The molecule has 152 valence electrons. The first-order valence-corrected chi connectivity index (χ1v) is 9.27. The summed E-state index contributed by atoms with van der Waals surface area (Å²) >= 11 is 0. The Morgan fingerprint density at radius 2 is 1.42 bits per heavy atom. The number of amides is 2. The van der Waals surface area contributed by atoms with Crippen LogP contribution in [0.1, 0.15) is 61.8 Å². The molecule has 0 saturated carbocycles. The topological polar surface area (TPSA) is 78.5 Å². The van der Waals surface area contributed by atoms with E-state index in [1.54, 1.807) is 0 Å². The lowest BCUT2D eigenvalue weighted by molar-refractivity contribution is -0.139. The monoisotopic (exact) mass is 369 g/mol. The van der Waals surface area contributed by atoms with E-state index >= 15 is 0 Å². The van der Waals surface area contributed by atoms with Crippen LogP contribution in [0.25, 0.3) is 0 Å². The van der Waals surface area contributed by atoms with Crippen LogP contribution in [0.3, 0.4) is 0 Å². The summed E-state index contributed by atoms with van der Waals surface area (Å²) in [7, 11) is 3.83. The van der Waals surface area contributed by atoms with Crippen LogP contribution in [-0.2, 0) is 14.4 Å². The number of carbonyl (C=O) groups is 3. The van der Waals surface area contributed by atoms with Gasteiger partial charge in [0.2, 0.25) is 11.8 Å². The van der Waals surface area contributed by atoms with Gasteiger partial charge < -0.3 is 15.5 Å². The van der Waals surface area contributed by atoms with Crippen LogP contribution in [0.4, 0.5) is 0 Å². The highest BCUT2D eigenvalue weighted by molar-refractivity contribution is 5.95. The van der Waals surface area contributed by atoms with Crippen LogP contribution in [0, 0.1) is 16.2 Å². The number of ketones is 1. The molecule has 0 spiro atoms. The number of carbonyl (C=O) groups excluding carboxylic acids is 3. The summed E-state index contributed by atoms with van der Waals surface area (Å²) in [6.45, 7) is 16.3. The molecule has 0 heterocycles. The number of Topliss-reactive ketones (excluding diaryl/α,β-unsaturated/α-hetero) is 1. The van der Waals surface area contributed by atoms with Crippen molar-refractivity contribution < 1.29 is 14.4 Å². The maximum absolute atomic E-state index is 12.8. The molecule has 0 rings (SSSR count). The van der Waals surface area contributed by atoms with Crippen molar-refractivity contribution in [2.24, 2.45) is 16.2 Å². The Labute approximate surface area is 159 Å². The molecule has 1 unspecified atom stereocenters. The second-order valence-electron chi connectivity index (χ2n) is 9.87. The molecule has 0 aromatic carbocycles. The summed E-state index contributed by atoms with van der Waals surface area (Å²) in [6.07, 6.45) is -0.0107. The fraction of sp³-hybridized carbons (Fsp3) is 0.850. The lowest BCUT2D eigenvalue weighted by Gasteiger charge is -2.38. The summed E-state index contributed by atoms with van der Waals surface area (Å²) in [4.78, 5) is 39.8. The molecule has 0 fully saturated rings. The number of hydrogen-bond acceptors (Lipinski definition) is 4. The highest BCUT2D eigenvalue weighted by Crippen LogP contribution is 2.38. The van der Waals surface area contributed by atoms with E-state index in [0.717, 1.165) is 0 Å². The van der Waals surface area contributed by atoms with Crippen molar-refractivity contribution in [3.63, 3.8) is 0 Å². The third kappa shape index (κ3) is 7.44. The van der Waals surface area contributed by atoms with Gasteiger partial charge in [0.1, 0.15) is 11.8 Å². The van der Waals surface area contributed by atoms with E-state index in [1.807, 2.05) is 74.4 Å². The Kier molecular flexibility index (Phi) is 8.48. The number of rotatable bonds is 8. The van der Waals surface area contributed by atoms with Gasteiger partial charge in [0.25, 0.3) is 0 Å². The molecule has 26 heavy (non-hydrogen) atoms. The number of nitrogens with zero attached hydrogens (tertiary/aromatic N) is 1. The Morgan fingerprint density at radius 3 is 1.81 bits per heavy atom. The molecule has 0 aliphatic carbocycles. The van der Waals surface area contributed by atoms with Gasteiger partial charge in [-0.3, -0.25) is 14.4 Å². The van der Waals surface area contributed by atoms with Gasteiger partial charge in [-0.15, -0.1) is 0 Å². The summed E-state index contributed by atoms with van der Waals surface area (Å²) in [5, 5.41) is 5.64. The van der Waals surface area contributed by atoms with Crippen molar-refractivity contribution in [1.82, 2.24) is 15.5 Å². The Morgan fingerprint density at radius 1 is 0.923 bits per heavy atom. The quantitative estimate of drug-likeness (QED) is 0.688. The lowest BCUT2D eigenvalue weighted by atomic mass is 9.68. The van der Waals surface area contributed by atoms with Crippen LogP contribution in [-0.4, -0.2) is 55.7 Å². The zero-order valence-corrected chi connectivity index (χ0v) is 18.4. The Bertz CT molecular complexity index is 511. The fourth-order valence-corrected chi connectivity index (χ4v) is 1.91. The summed E-state index contributed by atoms with van der Waals surface area (Å²) < 4.78 is 0. The smallest absolute Gasteiger partial charge is 0.243 e. The van der Waals surface area contributed by atoms with Crippen LogP contribution < -0.4 is 10.6 Å². The number of hydrogen-bond donors (Lipinski definition) is 2. The van der Waals surface area contributed by atoms with Crippen LogP contribution >= 0.6 is 0 Å². The number of likely N-dealkylation sites (N-methyl/N-ethyl adjacent to an activating group) is 1. The van der Waals surface area contributed by atoms with Gasteiger partial charge in [-0.05, 0) is 19.5 Å². The van der Waals surface area contributed by atoms with Crippen LogP contribution in [0.15, 0.2) is 0 Å². The lowest BCUT2D eigenvalue weighted by Crippen LogP contribution is -2.54. The average Bonchev–Trinajstić information content (AvgIpc) is 2.43. The van der Waals surface area contributed by atoms with Crippen molar-refractivity contribution in [3.8, 4) is 0 Å². The van der Waals surface area contributed by atoms with Gasteiger partial charge in [-0.25, -0.2) is 0 Å². The van der Waals surface area contributed by atoms with Crippen molar-refractivity contribution in [3.05, 3.63) is 0 Å². The molecule has 0 bridgehead atoms. The van der Waals surface area contributed by atoms with E-state index in [-0.39, 0.29) is 29.4 Å². The SMILES string of the molecule is CN(C)CCNC(=O)C(CC(=O)C(C)(C)C)NC(=O)C(C)(C)C(C)(C)C. The molecule has 2 N–H and O–H groups in total. The molecule has 0 radical (unpaired) electrons. The maximum Gasteiger partial charge on any atom is 0.243 e. The molecule has 6 heteroatoms. The van der Waals surface area contributed by atoms with Crippen LogP contribution in [0.5, 0.6) is 0 Å². The molecule has 0 aliphatic rings. The average molecular weight is 370 g/mol. The highest BCUT2D eigenvalue weighted by Gasteiger charge is 2.41. The summed E-state index contributed by atoms with van der Waals surface area (Å²) in [5.41, 5.74) is -1.52. The molecule has 0 saturated heterocycles. The van der Waals surface area contributed by atoms with Gasteiger partial charge in [-0.1, -0.05) is 55.4 Å². The molecule has 0 aromatic heterocycles. The second-order valence-corrected chi connectivity index (χ2v) is 9.87. The van der Waals surface area contributed by atoms with E-state index in [9.17, 15) is 14.4 Å². The van der Waals surface area contributed by atoms with Crippen LogP contribution in [0.2, 0.25) is 0 Å². The van der Waals surface area contributed by atoms with Gasteiger partial charge in [0.15, 0.2) is 0 Å². The van der Waals surface area contributed by atoms with Gasteiger partial charge in [0, 0.05) is 30.3 Å². The fourth-order valence-electron chi connectivity index (χ4n) is 1.91. The highest BCUT2D eigenvalue weighted by atomic mass is 16.2. The minimum absolute atomic E-state index is 0.0107. The van der Waals surface area contributed by atoms with Crippen molar-refractivity contribution in [2.75, 3.05) is 27.2 Å². The predicted molar refractivity (Wildman–Crippen MR) is 106 cm³/mol. The molecule has 1 atom stereocenters. The number of nitrogens with one attached hydrogen (secondary N) is 2. The Balaban J connectivity index is 5.30. The van der Waals surface area contributed by atoms with E-state index < -0.39 is 16.9 Å². The largest absolute Gasteiger partial charge is 0.353 e. The summed E-state index contributed by atoms with van der Waals surface area (Å²) in [6, 6.07) is -0.863. The van der Waals surface area contributed by atoms with E-state index in [1.165, 1.54) is 0 Å². The molecular formula is C20H39N3O3. The van der Waals surface area contributed by atoms with E-state index in [2.05, 4.69) is 10.6 Å². The van der Waals surface area contributed by atoms with E-state index in [0.29, 0.717) is 13.1 Å². The van der Waals surface area contributed by atoms with Crippen molar-refractivity contribution in [2.45, 2.75) is 67.9 Å². The zero-order chi connectivity index (χ0) is 20.9.